The van der Waals surface area contributed by atoms with Gasteiger partial charge in [0.15, 0.2) is 0 Å². The molecule has 104 valence electrons. The molecule has 1 aromatic heterocycles. The first kappa shape index (κ1) is 14.0. The number of aromatic nitrogens is 1. The van der Waals surface area contributed by atoms with Crippen molar-refractivity contribution < 1.29 is 18.3 Å². The third-order valence-corrected chi connectivity index (χ3v) is 3.69. The number of sulfonamides is 1. The second-order valence-corrected chi connectivity index (χ2v) is 5.80. The van der Waals surface area contributed by atoms with Crippen molar-refractivity contribution in [2.24, 2.45) is 0 Å². The molecule has 2 rings (SSSR count). The van der Waals surface area contributed by atoms with Gasteiger partial charge >= 0.3 is 5.97 Å². The molecule has 0 unspecified atom stereocenters. The molecule has 0 aliphatic heterocycles. The van der Waals surface area contributed by atoms with E-state index in [9.17, 15) is 13.2 Å². The molecule has 0 fully saturated rings. The van der Waals surface area contributed by atoms with E-state index in [1.807, 2.05) is 0 Å². The molecule has 0 aliphatic rings. The first-order valence-corrected chi connectivity index (χ1v) is 7.35. The van der Waals surface area contributed by atoms with E-state index < -0.39 is 16.0 Å². The van der Waals surface area contributed by atoms with Gasteiger partial charge in [0.2, 0.25) is 10.0 Å². The summed E-state index contributed by atoms with van der Waals surface area (Å²) < 4.78 is 26.2. The molecule has 0 aliphatic carbocycles. The number of carbonyl (C=O) groups is 1. The zero-order valence-corrected chi connectivity index (χ0v) is 11.2. The van der Waals surface area contributed by atoms with Crippen LogP contribution in [-0.4, -0.2) is 24.5 Å². The highest BCUT2D eigenvalue weighted by molar-refractivity contribution is 7.91. The van der Waals surface area contributed by atoms with Crippen molar-refractivity contribution in [3.63, 3.8) is 0 Å². The Hall–Kier alpha value is -2.41. The predicted octanol–water partition coefficient (Wildman–Crippen LogP) is 1.72. The Bertz CT molecular complexity index is 714. The highest BCUT2D eigenvalue weighted by Crippen LogP contribution is 2.12. The summed E-state index contributed by atoms with van der Waals surface area (Å²) in [6.07, 6.45) is 1.48. The van der Waals surface area contributed by atoms with Crippen LogP contribution in [0.1, 0.15) is 15.9 Å². The summed E-state index contributed by atoms with van der Waals surface area (Å²) >= 11 is 0. The third kappa shape index (κ3) is 3.79. The topological polar surface area (TPSA) is 96.4 Å². The van der Waals surface area contributed by atoms with Crippen molar-refractivity contribution in [2.45, 2.75) is 5.75 Å². The van der Waals surface area contributed by atoms with Gasteiger partial charge in [0.25, 0.3) is 0 Å². The number of carboxylic acids is 1. The molecule has 0 saturated heterocycles. The zero-order valence-electron chi connectivity index (χ0n) is 10.4. The standard InChI is InChI=1S/C13H12N2O4S/c16-13(17)11-5-3-4-10(8-11)9-20(18,19)15-12-6-1-2-7-14-12/h1-8H,9H2,(H,14,15)(H,16,17). The molecule has 6 nitrogen and oxygen atoms in total. The molecule has 0 spiro atoms. The van der Waals surface area contributed by atoms with Gasteiger partial charge < -0.3 is 5.11 Å². The zero-order chi connectivity index (χ0) is 14.6. The maximum absolute atomic E-state index is 12.0. The van der Waals surface area contributed by atoms with Crippen LogP contribution in [0.25, 0.3) is 0 Å². The Morgan fingerprint density at radius 1 is 1.20 bits per heavy atom. The summed E-state index contributed by atoms with van der Waals surface area (Å²) in [5.41, 5.74) is 0.448. The molecule has 2 aromatic rings. The van der Waals surface area contributed by atoms with Gasteiger partial charge in [0, 0.05) is 6.20 Å². The summed E-state index contributed by atoms with van der Waals surface area (Å²) in [5, 5.41) is 8.87. The Kier molecular flexibility index (Phi) is 3.99. The lowest BCUT2D eigenvalue weighted by Crippen LogP contribution is -2.16. The van der Waals surface area contributed by atoms with E-state index in [4.69, 9.17) is 5.11 Å². The van der Waals surface area contributed by atoms with Crippen LogP contribution in [0.3, 0.4) is 0 Å². The third-order valence-electron chi connectivity index (χ3n) is 2.46. The minimum atomic E-state index is -3.64. The van der Waals surface area contributed by atoms with Crippen molar-refractivity contribution in [1.82, 2.24) is 4.98 Å². The number of pyridine rings is 1. The van der Waals surface area contributed by atoms with Crippen LogP contribution < -0.4 is 4.72 Å². The van der Waals surface area contributed by atoms with Crippen molar-refractivity contribution in [3.8, 4) is 0 Å². The molecule has 0 atom stereocenters. The number of hydrogen-bond donors (Lipinski definition) is 2. The van der Waals surface area contributed by atoms with Crippen LogP contribution in [0.2, 0.25) is 0 Å². The fourth-order valence-electron chi connectivity index (χ4n) is 1.63. The second kappa shape index (κ2) is 5.70. The van der Waals surface area contributed by atoms with E-state index in [-0.39, 0.29) is 17.1 Å². The van der Waals surface area contributed by atoms with Gasteiger partial charge in [-0.25, -0.2) is 18.2 Å². The molecule has 7 heteroatoms. The first-order chi connectivity index (χ1) is 9.46. The van der Waals surface area contributed by atoms with Gasteiger partial charge in [-0.3, -0.25) is 4.72 Å². The lowest BCUT2D eigenvalue weighted by molar-refractivity contribution is 0.0696. The number of rotatable bonds is 5. The molecule has 20 heavy (non-hydrogen) atoms. The van der Waals surface area contributed by atoms with Crippen LogP contribution in [0.4, 0.5) is 5.82 Å². The van der Waals surface area contributed by atoms with Crippen molar-refractivity contribution in [3.05, 3.63) is 59.8 Å². The average Bonchev–Trinajstić information content (AvgIpc) is 2.39. The Morgan fingerprint density at radius 2 is 2.00 bits per heavy atom. The number of carboxylic acid groups (broad SMARTS) is 1. The van der Waals surface area contributed by atoms with Gasteiger partial charge in [-0.2, -0.15) is 0 Å². The minimum absolute atomic E-state index is 0.0514. The number of anilines is 1. The summed E-state index contributed by atoms with van der Waals surface area (Å²) in [6.45, 7) is 0. The van der Waals surface area contributed by atoms with Crippen LogP contribution >= 0.6 is 0 Å². The molecule has 0 saturated carbocycles. The summed E-state index contributed by atoms with van der Waals surface area (Å²) in [4.78, 5) is 14.7. The molecule has 2 N–H and O–H groups in total. The quantitative estimate of drug-likeness (QED) is 0.874. The van der Waals surface area contributed by atoms with Crippen LogP contribution in [-0.2, 0) is 15.8 Å². The maximum atomic E-state index is 12.0. The van der Waals surface area contributed by atoms with Crippen molar-refractivity contribution in [1.29, 1.82) is 0 Å². The molecule has 0 amide bonds. The van der Waals surface area contributed by atoms with E-state index >= 15 is 0 Å². The number of hydrogen-bond acceptors (Lipinski definition) is 4. The number of nitrogens with one attached hydrogen (secondary N) is 1. The van der Waals surface area contributed by atoms with E-state index in [1.54, 1.807) is 18.2 Å². The lowest BCUT2D eigenvalue weighted by Gasteiger charge is -2.07. The first-order valence-electron chi connectivity index (χ1n) is 5.70. The van der Waals surface area contributed by atoms with Crippen LogP contribution in [0, 0.1) is 0 Å². The number of benzene rings is 1. The largest absolute Gasteiger partial charge is 0.478 e. The highest BCUT2D eigenvalue weighted by atomic mass is 32.2. The Labute approximate surface area is 116 Å². The van der Waals surface area contributed by atoms with Crippen LogP contribution in [0.5, 0.6) is 0 Å². The van der Waals surface area contributed by atoms with E-state index in [0.29, 0.717) is 5.56 Å². The summed E-state index contributed by atoms with van der Waals surface area (Å²) in [5.74, 6) is -1.19. The predicted molar refractivity (Wildman–Crippen MR) is 73.9 cm³/mol. The smallest absolute Gasteiger partial charge is 0.335 e. The van der Waals surface area contributed by atoms with Crippen molar-refractivity contribution >= 4 is 21.8 Å². The molecular formula is C13H12N2O4S. The lowest BCUT2D eigenvalue weighted by atomic mass is 10.1. The van der Waals surface area contributed by atoms with Gasteiger partial charge in [0.05, 0.1) is 11.3 Å². The van der Waals surface area contributed by atoms with Crippen LogP contribution in [0.15, 0.2) is 48.7 Å². The average molecular weight is 292 g/mol. The monoisotopic (exact) mass is 292 g/mol. The van der Waals surface area contributed by atoms with Gasteiger partial charge in [-0.05, 0) is 29.8 Å². The molecule has 1 heterocycles. The minimum Gasteiger partial charge on any atom is -0.478 e. The SMILES string of the molecule is O=C(O)c1cccc(CS(=O)(=O)Nc2ccccn2)c1. The normalized spacial score (nSPS) is 11.0. The van der Waals surface area contributed by atoms with E-state index in [1.165, 1.54) is 30.5 Å². The van der Waals surface area contributed by atoms with E-state index in [2.05, 4.69) is 9.71 Å². The Balaban J connectivity index is 2.16. The van der Waals surface area contributed by atoms with Gasteiger partial charge in [-0.1, -0.05) is 18.2 Å². The maximum Gasteiger partial charge on any atom is 0.335 e. The number of aromatic carboxylic acids is 1. The summed E-state index contributed by atoms with van der Waals surface area (Å²) in [6, 6.07) is 10.7. The number of nitrogens with zero attached hydrogens (tertiary/aromatic N) is 1. The highest BCUT2D eigenvalue weighted by Gasteiger charge is 2.13. The van der Waals surface area contributed by atoms with Gasteiger partial charge in [-0.15, -0.1) is 0 Å². The second-order valence-electron chi connectivity index (χ2n) is 4.08. The summed E-state index contributed by atoms with van der Waals surface area (Å²) in [7, 11) is -3.64. The molecule has 0 radical (unpaired) electrons. The molecular weight excluding hydrogens is 280 g/mol. The van der Waals surface area contributed by atoms with Gasteiger partial charge in [0.1, 0.15) is 5.82 Å². The molecule has 0 bridgehead atoms. The fraction of sp³-hybridized carbons (Fsp3) is 0.0769. The Morgan fingerprint density at radius 3 is 2.65 bits per heavy atom. The van der Waals surface area contributed by atoms with E-state index in [0.717, 1.165) is 0 Å². The molecule has 1 aromatic carbocycles. The fourth-order valence-corrected chi connectivity index (χ4v) is 2.76. The van der Waals surface area contributed by atoms with Crippen molar-refractivity contribution in [2.75, 3.05) is 4.72 Å².